The summed E-state index contributed by atoms with van der Waals surface area (Å²) in [5.74, 6) is -3.39. The third-order valence-corrected chi connectivity index (χ3v) is 4.77. The van der Waals surface area contributed by atoms with Crippen LogP contribution in [0.1, 0.15) is 27.2 Å². The van der Waals surface area contributed by atoms with Crippen LogP contribution >= 0.6 is 11.8 Å². The van der Waals surface area contributed by atoms with Crippen molar-refractivity contribution in [1.29, 1.82) is 0 Å². The molecular formula is C17H32N4O7S. The zero-order valence-corrected chi connectivity index (χ0v) is 17.9. The molecule has 12 heteroatoms. The molecule has 0 aliphatic heterocycles. The minimum Gasteiger partial charge on any atom is -0.480 e. The van der Waals surface area contributed by atoms with Crippen LogP contribution in [-0.2, 0) is 19.2 Å². The highest BCUT2D eigenvalue weighted by molar-refractivity contribution is 7.98. The molecule has 11 nitrogen and oxygen atoms in total. The third kappa shape index (κ3) is 9.43. The van der Waals surface area contributed by atoms with Crippen LogP contribution in [0.3, 0.4) is 0 Å². The molecule has 3 amide bonds. The van der Waals surface area contributed by atoms with E-state index in [1.807, 2.05) is 0 Å². The first-order chi connectivity index (χ1) is 13.5. The van der Waals surface area contributed by atoms with Gasteiger partial charge in [-0.1, -0.05) is 13.8 Å². The first-order valence-electron chi connectivity index (χ1n) is 9.13. The van der Waals surface area contributed by atoms with E-state index in [4.69, 9.17) is 10.8 Å². The molecule has 0 bridgehead atoms. The van der Waals surface area contributed by atoms with Gasteiger partial charge in [-0.15, -0.1) is 0 Å². The lowest BCUT2D eigenvalue weighted by Gasteiger charge is -2.25. The van der Waals surface area contributed by atoms with Gasteiger partial charge in [-0.25, -0.2) is 4.79 Å². The maximum absolute atomic E-state index is 12.5. The van der Waals surface area contributed by atoms with Gasteiger partial charge in [0.25, 0.3) is 0 Å². The monoisotopic (exact) mass is 436 g/mol. The second-order valence-electron chi connectivity index (χ2n) is 6.92. The zero-order chi connectivity index (χ0) is 22.7. The van der Waals surface area contributed by atoms with E-state index in [0.717, 1.165) is 0 Å². The van der Waals surface area contributed by atoms with Crippen LogP contribution in [0.2, 0.25) is 0 Å². The van der Waals surface area contributed by atoms with E-state index in [0.29, 0.717) is 5.75 Å². The van der Waals surface area contributed by atoms with E-state index >= 15 is 0 Å². The summed E-state index contributed by atoms with van der Waals surface area (Å²) in [5, 5.41) is 35.0. The van der Waals surface area contributed by atoms with Crippen molar-refractivity contribution in [3.63, 3.8) is 0 Å². The van der Waals surface area contributed by atoms with Gasteiger partial charge < -0.3 is 37.0 Å². The van der Waals surface area contributed by atoms with Crippen molar-refractivity contribution >= 4 is 35.5 Å². The number of rotatable bonds is 13. The Bertz CT molecular complexity index is 574. The number of aliphatic hydroxyl groups is 2. The maximum atomic E-state index is 12.5. The lowest BCUT2D eigenvalue weighted by molar-refractivity contribution is -0.145. The molecule has 0 aromatic rings. The summed E-state index contributed by atoms with van der Waals surface area (Å²) in [4.78, 5) is 48.1. The Morgan fingerprint density at radius 2 is 1.48 bits per heavy atom. The van der Waals surface area contributed by atoms with Crippen molar-refractivity contribution < 1.29 is 34.5 Å². The highest BCUT2D eigenvalue weighted by Crippen LogP contribution is 2.04. The second kappa shape index (κ2) is 13.4. The number of carbonyl (C=O) groups excluding carboxylic acids is 3. The Kier molecular flexibility index (Phi) is 12.5. The van der Waals surface area contributed by atoms with Crippen molar-refractivity contribution in [2.24, 2.45) is 11.7 Å². The van der Waals surface area contributed by atoms with Crippen molar-refractivity contribution in [2.45, 2.75) is 57.5 Å². The normalized spacial score (nSPS) is 16.3. The molecule has 168 valence electrons. The third-order valence-electron chi connectivity index (χ3n) is 4.13. The van der Waals surface area contributed by atoms with Crippen LogP contribution in [-0.4, -0.2) is 87.9 Å². The van der Waals surface area contributed by atoms with Gasteiger partial charge in [-0.3, -0.25) is 14.4 Å². The fourth-order valence-corrected chi connectivity index (χ4v) is 2.66. The largest absolute Gasteiger partial charge is 0.480 e. The van der Waals surface area contributed by atoms with Gasteiger partial charge in [0.15, 0.2) is 6.04 Å². The van der Waals surface area contributed by atoms with Crippen LogP contribution in [0.5, 0.6) is 0 Å². The van der Waals surface area contributed by atoms with Gasteiger partial charge in [0.2, 0.25) is 17.7 Å². The van der Waals surface area contributed by atoms with Crippen molar-refractivity contribution in [1.82, 2.24) is 16.0 Å². The SMILES string of the molecule is CSCCC(NC(=O)C(CO)NC(=O)C(N)C(C)C)C(=O)NC(C(=O)O)C(C)O. The molecule has 8 N–H and O–H groups in total. The number of aliphatic carboxylic acids is 1. The number of nitrogens with one attached hydrogen (secondary N) is 3. The van der Waals surface area contributed by atoms with E-state index in [1.165, 1.54) is 18.7 Å². The number of carboxylic acid groups (broad SMARTS) is 1. The predicted octanol–water partition coefficient (Wildman–Crippen LogP) is -2.37. The molecule has 0 fully saturated rings. The minimum atomic E-state index is -1.55. The van der Waals surface area contributed by atoms with Gasteiger partial charge in [0, 0.05) is 0 Å². The first-order valence-corrected chi connectivity index (χ1v) is 10.5. The van der Waals surface area contributed by atoms with E-state index in [2.05, 4.69) is 16.0 Å². The molecule has 0 aliphatic rings. The molecular weight excluding hydrogens is 404 g/mol. The van der Waals surface area contributed by atoms with Gasteiger partial charge in [0.1, 0.15) is 12.1 Å². The zero-order valence-electron chi connectivity index (χ0n) is 17.0. The molecule has 5 unspecified atom stereocenters. The molecule has 0 radical (unpaired) electrons. The molecule has 0 saturated heterocycles. The molecule has 0 heterocycles. The topological polar surface area (TPSA) is 191 Å². The van der Waals surface area contributed by atoms with Crippen LogP contribution in [0, 0.1) is 5.92 Å². The summed E-state index contributed by atoms with van der Waals surface area (Å²) in [6, 6.07) is -4.88. The van der Waals surface area contributed by atoms with Crippen LogP contribution in [0.25, 0.3) is 0 Å². The van der Waals surface area contributed by atoms with E-state index in [9.17, 15) is 29.4 Å². The number of carbonyl (C=O) groups is 4. The number of nitrogens with two attached hydrogens (primary N) is 1. The number of amides is 3. The standard InChI is InChI=1S/C17H32N4O7S/c1-8(2)12(18)16(26)20-11(7-22)15(25)19-10(5-6-29-4)14(24)21-13(9(3)23)17(27)28/h8-13,22-23H,5-7,18H2,1-4H3,(H,19,25)(H,20,26)(H,21,24)(H,27,28). The minimum absolute atomic E-state index is 0.169. The Balaban J connectivity index is 5.22. The smallest absolute Gasteiger partial charge is 0.328 e. The van der Waals surface area contributed by atoms with Crippen molar-refractivity contribution in [2.75, 3.05) is 18.6 Å². The van der Waals surface area contributed by atoms with Crippen LogP contribution in [0.4, 0.5) is 0 Å². The van der Waals surface area contributed by atoms with Gasteiger partial charge in [-0.2, -0.15) is 11.8 Å². The summed E-state index contributed by atoms with van der Waals surface area (Å²) >= 11 is 1.41. The fourth-order valence-electron chi connectivity index (χ4n) is 2.18. The summed E-state index contributed by atoms with van der Waals surface area (Å²) in [5.41, 5.74) is 5.72. The highest BCUT2D eigenvalue weighted by Gasteiger charge is 2.31. The van der Waals surface area contributed by atoms with E-state index in [-0.39, 0.29) is 12.3 Å². The molecule has 0 saturated carbocycles. The van der Waals surface area contributed by atoms with Crippen molar-refractivity contribution in [3.05, 3.63) is 0 Å². The average molecular weight is 437 g/mol. The van der Waals surface area contributed by atoms with E-state index in [1.54, 1.807) is 20.1 Å². The summed E-state index contributed by atoms with van der Waals surface area (Å²) in [6.45, 7) is 3.94. The fraction of sp³-hybridized carbons (Fsp3) is 0.765. The molecule has 0 rings (SSSR count). The van der Waals surface area contributed by atoms with Crippen LogP contribution < -0.4 is 21.7 Å². The summed E-state index contributed by atoms with van der Waals surface area (Å²) < 4.78 is 0. The Labute approximate surface area is 174 Å². The molecule has 29 heavy (non-hydrogen) atoms. The lowest BCUT2D eigenvalue weighted by atomic mass is 10.0. The summed E-state index contributed by atoms with van der Waals surface area (Å²) in [7, 11) is 0. The maximum Gasteiger partial charge on any atom is 0.328 e. The molecule has 0 spiro atoms. The number of aliphatic hydroxyl groups excluding tert-OH is 2. The van der Waals surface area contributed by atoms with Gasteiger partial charge in [0.05, 0.1) is 18.8 Å². The molecule has 5 atom stereocenters. The second-order valence-corrected chi connectivity index (χ2v) is 7.91. The Hall–Kier alpha value is -1.89. The van der Waals surface area contributed by atoms with Gasteiger partial charge in [-0.05, 0) is 31.3 Å². The number of carboxylic acids is 1. The molecule has 0 aromatic heterocycles. The molecule has 0 aromatic carbocycles. The van der Waals surface area contributed by atoms with Crippen molar-refractivity contribution in [3.8, 4) is 0 Å². The Morgan fingerprint density at radius 1 is 0.966 bits per heavy atom. The number of hydrogen-bond acceptors (Lipinski definition) is 8. The molecule has 0 aliphatic carbocycles. The number of thioether (sulfide) groups is 1. The predicted molar refractivity (Wildman–Crippen MR) is 108 cm³/mol. The van der Waals surface area contributed by atoms with Crippen LogP contribution in [0.15, 0.2) is 0 Å². The lowest BCUT2D eigenvalue weighted by Crippen LogP contribution is -2.59. The Morgan fingerprint density at radius 3 is 1.90 bits per heavy atom. The first kappa shape index (κ1) is 27.1. The quantitative estimate of drug-likeness (QED) is 0.165. The number of hydrogen-bond donors (Lipinski definition) is 7. The summed E-state index contributed by atoms with van der Waals surface area (Å²) in [6.07, 6.45) is 0.606. The highest BCUT2D eigenvalue weighted by atomic mass is 32.2. The van der Waals surface area contributed by atoms with E-state index < -0.39 is 60.6 Å². The average Bonchev–Trinajstić information content (AvgIpc) is 2.65. The van der Waals surface area contributed by atoms with Gasteiger partial charge >= 0.3 is 5.97 Å².